The average Bonchev–Trinajstić information content (AvgIpc) is 2.09. The molecule has 0 bridgehead atoms. The van der Waals surface area contributed by atoms with Crippen molar-refractivity contribution in [1.29, 1.82) is 0 Å². The van der Waals surface area contributed by atoms with Crippen molar-refractivity contribution >= 4 is 18.2 Å². The van der Waals surface area contributed by atoms with Crippen molar-refractivity contribution in [1.82, 2.24) is 5.32 Å². The van der Waals surface area contributed by atoms with Crippen LogP contribution in [0.2, 0.25) is 0 Å². The number of nitrogens with zero attached hydrogens (tertiary/aromatic N) is 1. The number of amides is 1. The molecule has 5 N–H and O–H groups in total. The second-order valence-electron chi connectivity index (χ2n) is 2.89. The van der Waals surface area contributed by atoms with E-state index in [2.05, 4.69) is 10.3 Å². The van der Waals surface area contributed by atoms with Crippen LogP contribution < -0.4 is 16.8 Å². The van der Waals surface area contributed by atoms with Crippen molar-refractivity contribution in [2.45, 2.75) is 25.8 Å². The molecule has 80 valence electrons. The van der Waals surface area contributed by atoms with Gasteiger partial charge in [0.2, 0.25) is 5.91 Å². The lowest BCUT2D eigenvalue weighted by molar-refractivity contribution is -0.122. The number of aldehydes is 1. The summed E-state index contributed by atoms with van der Waals surface area (Å²) in [6.45, 7) is 1.83. The van der Waals surface area contributed by atoms with Crippen LogP contribution >= 0.6 is 0 Å². The molecule has 0 unspecified atom stereocenters. The van der Waals surface area contributed by atoms with Crippen molar-refractivity contribution in [3.05, 3.63) is 0 Å². The summed E-state index contributed by atoms with van der Waals surface area (Å²) in [7, 11) is 0. The molecule has 1 atom stereocenters. The minimum absolute atomic E-state index is 0.0344. The van der Waals surface area contributed by atoms with Gasteiger partial charge in [0.15, 0.2) is 5.96 Å². The quantitative estimate of drug-likeness (QED) is 0.215. The Morgan fingerprint density at radius 1 is 1.57 bits per heavy atom. The smallest absolute Gasteiger partial charge is 0.217 e. The summed E-state index contributed by atoms with van der Waals surface area (Å²) in [5.74, 6) is -0.184. The Balaban J connectivity index is 3.68. The van der Waals surface area contributed by atoms with E-state index >= 15 is 0 Å². The van der Waals surface area contributed by atoms with Gasteiger partial charge in [-0.1, -0.05) is 0 Å². The third-order valence-corrected chi connectivity index (χ3v) is 1.52. The summed E-state index contributed by atoms with van der Waals surface area (Å²) in [6, 6.07) is -0.443. The van der Waals surface area contributed by atoms with E-state index in [1.54, 1.807) is 0 Å². The van der Waals surface area contributed by atoms with Gasteiger partial charge in [0.25, 0.3) is 0 Å². The van der Waals surface area contributed by atoms with Crippen molar-refractivity contribution in [2.24, 2.45) is 16.5 Å². The van der Waals surface area contributed by atoms with E-state index in [4.69, 9.17) is 11.5 Å². The van der Waals surface area contributed by atoms with Crippen LogP contribution in [-0.4, -0.2) is 30.7 Å². The molecule has 0 spiro atoms. The molecule has 0 aliphatic heterocycles. The Morgan fingerprint density at radius 3 is 2.64 bits per heavy atom. The Morgan fingerprint density at radius 2 is 2.21 bits per heavy atom. The molecule has 0 aromatic carbocycles. The zero-order valence-electron chi connectivity index (χ0n) is 8.19. The number of carbonyl (C=O) groups is 2. The van der Waals surface area contributed by atoms with Gasteiger partial charge >= 0.3 is 0 Å². The van der Waals surface area contributed by atoms with E-state index < -0.39 is 6.04 Å². The molecule has 0 rings (SSSR count). The van der Waals surface area contributed by atoms with Crippen molar-refractivity contribution in [2.75, 3.05) is 6.54 Å². The average molecular weight is 200 g/mol. The van der Waals surface area contributed by atoms with Gasteiger partial charge in [0.05, 0.1) is 6.04 Å². The molecule has 0 heterocycles. The van der Waals surface area contributed by atoms with Crippen LogP contribution in [0.25, 0.3) is 0 Å². The maximum absolute atomic E-state index is 10.6. The molecule has 0 aliphatic carbocycles. The zero-order chi connectivity index (χ0) is 11.0. The fourth-order valence-electron chi connectivity index (χ4n) is 0.955. The van der Waals surface area contributed by atoms with Crippen molar-refractivity contribution in [3.8, 4) is 0 Å². The van der Waals surface area contributed by atoms with Crippen LogP contribution in [0.5, 0.6) is 0 Å². The van der Waals surface area contributed by atoms with Crippen LogP contribution in [-0.2, 0) is 9.59 Å². The van der Waals surface area contributed by atoms with Crippen LogP contribution in [0.15, 0.2) is 4.99 Å². The Labute approximate surface area is 82.7 Å². The highest BCUT2D eigenvalue weighted by molar-refractivity contribution is 5.77. The van der Waals surface area contributed by atoms with Gasteiger partial charge in [-0.25, -0.2) is 0 Å². The Bertz CT molecular complexity index is 223. The first-order valence-corrected chi connectivity index (χ1v) is 4.34. The Hall–Kier alpha value is -1.59. The van der Waals surface area contributed by atoms with Gasteiger partial charge in [0.1, 0.15) is 6.29 Å². The summed E-state index contributed by atoms with van der Waals surface area (Å²) in [6.07, 6.45) is 1.90. The molecule has 14 heavy (non-hydrogen) atoms. The lowest BCUT2D eigenvalue weighted by Gasteiger charge is -2.09. The minimum atomic E-state index is -0.443. The van der Waals surface area contributed by atoms with Crippen LogP contribution in [0.3, 0.4) is 0 Å². The molecule has 0 fully saturated rings. The maximum atomic E-state index is 10.6. The third-order valence-electron chi connectivity index (χ3n) is 1.52. The van der Waals surface area contributed by atoms with Gasteiger partial charge in [0, 0.05) is 13.5 Å². The summed E-state index contributed by atoms with van der Waals surface area (Å²) in [4.78, 5) is 24.8. The van der Waals surface area contributed by atoms with E-state index in [1.807, 2.05) is 0 Å². The maximum Gasteiger partial charge on any atom is 0.217 e. The zero-order valence-corrected chi connectivity index (χ0v) is 8.19. The predicted molar refractivity (Wildman–Crippen MR) is 53.6 cm³/mol. The number of nitrogens with two attached hydrogens (primary N) is 2. The number of hydrogen-bond donors (Lipinski definition) is 3. The molecule has 1 amide bonds. The molecule has 0 saturated heterocycles. The van der Waals surface area contributed by atoms with E-state index in [0.717, 1.165) is 0 Å². The topological polar surface area (TPSA) is 111 Å². The summed E-state index contributed by atoms with van der Waals surface area (Å²) < 4.78 is 0. The highest BCUT2D eigenvalue weighted by Gasteiger charge is 2.06. The van der Waals surface area contributed by atoms with E-state index in [1.165, 1.54) is 6.92 Å². The molecule has 0 saturated carbocycles. The highest BCUT2D eigenvalue weighted by Crippen LogP contribution is 1.95. The van der Waals surface area contributed by atoms with E-state index in [0.29, 0.717) is 25.7 Å². The Kier molecular flexibility index (Phi) is 6.09. The summed E-state index contributed by atoms with van der Waals surface area (Å²) in [5, 5.41) is 2.50. The third kappa shape index (κ3) is 7.08. The molecular weight excluding hydrogens is 184 g/mol. The molecule has 6 heteroatoms. The molecule has 0 aliphatic rings. The van der Waals surface area contributed by atoms with Crippen LogP contribution in [0.1, 0.15) is 19.8 Å². The van der Waals surface area contributed by atoms with E-state index in [9.17, 15) is 9.59 Å². The molecule has 0 radical (unpaired) electrons. The number of guanidine groups is 1. The van der Waals surface area contributed by atoms with Crippen LogP contribution in [0, 0.1) is 0 Å². The first-order valence-electron chi connectivity index (χ1n) is 4.34. The second-order valence-corrected chi connectivity index (χ2v) is 2.89. The molecule has 6 nitrogen and oxygen atoms in total. The SMILES string of the molecule is CC(=O)N[C@@H](C=O)CCCN=C(N)N. The normalized spacial score (nSPS) is 11.5. The molecule has 0 aromatic heterocycles. The van der Waals surface area contributed by atoms with E-state index in [-0.39, 0.29) is 11.9 Å². The largest absolute Gasteiger partial charge is 0.370 e. The summed E-state index contributed by atoms with van der Waals surface area (Å²) in [5.41, 5.74) is 10.2. The van der Waals surface area contributed by atoms with Gasteiger partial charge in [-0.05, 0) is 12.8 Å². The number of rotatable bonds is 6. The van der Waals surface area contributed by atoms with Gasteiger partial charge in [-0.3, -0.25) is 9.79 Å². The minimum Gasteiger partial charge on any atom is -0.370 e. The lowest BCUT2D eigenvalue weighted by atomic mass is 10.2. The fourth-order valence-corrected chi connectivity index (χ4v) is 0.955. The summed E-state index contributed by atoms with van der Waals surface area (Å²) >= 11 is 0. The molecular formula is C8H16N4O2. The number of aliphatic imine (C=N–C) groups is 1. The van der Waals surface area contributed by atoms with Gasteiger partial charge < -0.3 is 21.6 Å². The number of nitrogens with one attached hydrogen (secondary N) is 1. The second kappa shape index (κ2) is 6.88. The lowest BCUT2D eigenvalue weighted by Crippen LogP contribution is -2.34. The van der Waals surface area contributed by atoms with Crippen molar-refractivity contribution in [3.63, 3.8) is 0 Å². The van der Waals surface area contributed by atoms with Crippen LogP contribution in [0.4, 0.5) is 0 Å². The molecule has 0 aromatic rings. The monoisotopic (exact) mass is 200 g/mol. The number of hydrogen-bond acceptors (Lipinski definition) is 3. The predicted octanol–water partition coefficient (Wildman–Crippen LogP) is -1.26. The van der Waals surface area contributed by atoms with Gasteiger partial charge in [-0.15, -0.1) is 0 Å². The van der Waals surface area contributed by atoms with Crippen molar-refractivity contribution < 1.29 is 9.59 Å². The first-order chi connectivity index (χ1) is 6.56. The fraction of sp³-hybridized carbons (Fsp3) is 0.625. The highest BCUT2D eigenvalue weighted by atomic mass is 16.2. The number of carbonyl (C=O) groups excluding carboxylic acids is 2. The first kappa shape index (κ1) is 12.4. The van der Waals surface area contributed by atoms with Gasteiger partial charge in [-0.2, -0.15) is 0 Å². The standard InChI is InChI=1S/C8H16N4O2/c1-6(14)12-7(5-13)3-2-4-11-8(9)10/h5,7H,2-4H2,1H3,(H,12,14)(H4,9,10,11)/t7-/m1/s1.